The molecular weight excluding hydrogens is 242 g/mol. The van der Waals surface area contributed by atoms with Crippen molar-refractivity contribution in [3.63, 3.8) is 0 Å². The van der Waals surface area contributed by atoms with Gasteiger partial charge in [0.1, 0.15) is 11.5 Å². The van der Waals surface area contributed by atoms with Crippen LogP contribution in [0.1, 0.15) is 35.3 Å². The number of nitrogens with zero attached hydrogens (tertiary/aromatic N) is 2. The van der Waals surface area contributed by atoms with Crippen LogP contribution in [0.5, 0.6) is 0 Å². The Bertz CT molecular complexity index is 520. The summed E-state index contributed by atoms with van der Waals surface area (Å²) >= 11 is 0. The van der Waals surface area contributed by atoms with Crippen molar-refractivity contribution in [2.45, 2.75) is 32.7 Å². The molecule has 0 radical (unpaired) electrons. The second kappa shape index (κ2) is 6.13. The van der Waals surface area contributed by atoms with Crippen molar-refractivity contribution in [1.29, 1.82) is 0 Å². The lowest BCUT2D eigenvalue weighted by Crippen LogP contribution is -2.33. The Morgan fingerprint density at radius 3 is 2.89 bits per heavy atom. The molecule has 2 aromatic heterocycles. The molecule has 2 aromatic rings. The van der Waals surface area contributed by atoms with E-state index in [1.165, 1.54) is 6.20 Å². The van der Waals surface area contributed by atoms with Gasteiger partial charge in [0.05, 0.1) is 18.2 Å². The second-order valence-electron chi connectivity index (χ2n) is 4.54. The van der Waals surface area contributed by atoms with E-state index in [9.17, 15) is 4.79 Å². The quantitative estimate of drug-likeness (QED) is 0.893. The molecule has 0 aromatic carbocycles. The molecule has 0 spiro atoms. The van der Waals surface area contributed by atoms with Gasteiger partial charge in [0.25, 0.3) is 5.91 Å². The van der Waals surface area contributed by atoms with Crippen molar-refractivity contribution in [2.24, 2.45) is 0 Å². The number of carbonyl (C=O) groups is 1. The van der Waals surface area contributed by atoms with E-state index in [1.807, 2.05) is 26.0 Å². The summed E-state index contributed by atoms with van der Waals surface area (Å²) < 4.78 is 5.25. The number of aryl methyl sites for hydroxylation is 2. The van der Waals surface area contributed by atoms with Gasteiger partial charge in [0.15, 0.2) is 0 Å². The van der Waals surface area contributed by atoms with Gasteiger partial charge >= 0.3 is 0 Å². The first-order chi connectivity index (χ1) is 9.15. The van der Waals surface area contributed by atoms with E-state index in [-0.39, 0.29) is 11.9 Å². The van der Waals surface area contributed by atoms with Gasteiger partial charge in [-0.1, -0.05) is 0 Å². The Labute approximate surface area is 112 Å². The Morgan fingerprint density at radius 2 is 2.26 bits per heavy atom. The largest absolute Gasteiger partial charge is 0.469 e. The molecule has 0 aliphatic heterocycles. The lowest BCUT2D eigenvalue weighted by Gasteiger charge is -2.12. The van der Waals surface area contributed by atoms with Crippen molar-refractivity contribution in [1.82, 2.24) is 15.3 Å². The van der Waals surface area contributed by atoms with Crippen LogP contribution < -0.4 is 5.32 Å². The summed E-state index contributed by atoms with van der Waals surface area (Å²) in [5.74, 6) is 0.732. The van der Waals surface area contributed by atoms with E-state index >= 15 is 0 Å². The van der Waals surface area contributed by atoms with Crippen LogP contribution in [-0.4, -0.2) is 21.9 Å². The number of furan rings is 1. The summed E-state index contributed by atoms with van der Waals surface area (Å²) in [4.78, 5) is 20.0. The van der Waals surface area contributed by atoms with Gasteiger partial charge < -0.3 is 9.73 Å². The number of rotatable bonds is 5. The van der Waals surface area contributed by atoms with E-state index < -0.39 is 0 Å². The molecule has 0 fully saturated rings. The van der Waals surface area contributed by atoms with Gasteiger partial charge in [-0.15, -0.1) is 0 Å². The molecule has 2 heterocycles. The summed E-state index contributed by atoms with van der Waals surface area (Å²) in [6, 6.07) is 3.85. The zero-order chi connectivity index (χ0) is 13.7. The highest BCUT2D eigenvalue weighted by atomic mass is 16.3. The first kappa shape index (κ1) is 13.3. The lowest BCUT2D eigenvalue weighted by molar-refractivity contribution is 0.0932. The summed E-state index contributed by atoms with van der Waals surface area (Å²) in [5.41, 5.74) is 1.14. The fraction of sp³-hybridized carbons (Fsp3) is 0.357. The Morgan fingerprint density at radius 1 is 1.42 bits per heavy atom. The summed E-state index contributed by atoms with van der Waals surface area (Å²) in [6.07, 6.45) is 6.35. The molecular formula is C14H17N3O2. The van der Waals surface area contributed by atoms with Gasteiger partial charge in [0, 0.05) is 18.7 Å². The number of nitrogens with one attached hydrogen (secondary N) is 1. The maximum Gasteiger partial charge on any atom is 0.271 e. The van der Waals surface area contributed by atoms with Crippen LogP contribution in [0.15, 0.2) is 35.2 Å². The minimum atomic E-state index is -0.195. The maximum atomic E-state index is 11.9. The minimum absolute atomic E-state index is 0.0562. The van der Waals surface area contributed by atoms with Crippen LogP contribution >= 0.6 is 0 Å². The van der Waals surface area contributed by atoms with Crippen LogP contribution in [-0.2, 0) is 6.42 Å². The highest BCUT2D eigenvalue weighted by Gasteiger charge is 2.11. The molecule has 19 heavy (non-hydrogen) atoms. The molecule has 5 heteroatoms. The summed E-state index contributed by atoms with van der Waals surface area (Å²) in [7, 11) is 0. The third-order valence-electron chi connectivity index (χ3n) is 2.79. The Balaban J connectivity index is 1.83. The third-order valence-corrected chi connectivity index (χ3v) is 2.79. The fourth-order valence-electron chi connectivity index (χ4n) is 1.69. The summed E-state index contributed by atoms with van der Waals surface area (Å²) in [5, 5.41) is 2.89. The predicted molar refractivity (Wildman–Crippen MR) is 70.7 cm³/mol. The first-order valence-corrected chi connectivity index (χ1v) is 6.27. The molecule has 0 saturated heterocycles. The van der Waals surface area contributed by atoms with E-state index in [2.05, 4.69) is 15.3 Å². The van der Waals surface area contributed by atoms with E-state index in [4.69, 9.17) is 4.42 Å². The van der Waals surface area contributed by atoms with Gasteiger partial charge in [-0.3, -0.25) is 9.78 Å². The number of carbonyl (C=O) groups excluding carboxylic acids is 1. The van der Waals surface area contributed by atoms with Crippen LogP contribution in [0.3, 0.4) is 0 Å². The minimum Gasteiger partial charge on any atom is -0.469 e. The standard InChI is InChI=1S/C14H17N3O2/c1-10(5-6-12-4-3-7-19-12)17-14(18)13-9-15-11(2)8-16-13/h3-4,7-10H,5-6H2,1-2H3,(H,17,18)/t10-/m1/s1. The number of hydrogen-bond acceptors (Lipinski definition) is 4. The third kappa shape index (κ3) is 3.91. The van der Waals surface area contributed by atoms with E-state index in [1.54, 1.807) is 12.5 Å². The van der Waals surface area contributed by atoms with Crippen molar-refractivity contribution in [3.05, 3.63) is 47.9 Å². The smallest absolute Gasteiger partial charge is 0.271 e. The topological polar surface area (TPSA) is 68.0 Å². The first-order valence-electron chi connectivity index (χ1n) is 6.27. The maximum absolute atomic E-state index is 11.9. The predicted octanol–water partition coefficient (Wildman–Crippen LogP) is 2.13. The fourth-order valence-corrected chi connectivity index (χ4v) is 1.69. The molecule has 1 amide bonds. The lowest BCUT2D eigenvalue weighted by atomic mass is 10.1. The van der Waals surface area contributed by atoms with Crippen molar-refractivity contribution in [3.8, 4) is 0 Å². The number of aromatic nitrogens is 2. The molecule has 1 atom stereocenters. The molecule has 0 unspecified atom stereocenters. The van der Waals surface area contributed by atoms with Crippen LogP contribution in [0.25, 0.3) is 0 Å². The molecule has 0 aliphatic carbocycles. The van der Waals surface area contributed by atoms with Gasteiger partial charge in [-0.05, 0) is 32.4 Å². The average Bonchev–Trinajstić information content (AvgIpc) is 2.90. The Kier molecular flexibility index (Phi) is 4.28. The van der Waals surface area contributed by atoms with E-state index in [0.717, 1.165) is 24.3 Å². The van der Waals surface area contributed by atoms with Crippen LogP contribution in [0.2, 0.25) is 0 Å². The normalized spacial score (nSPS) is 12.1. The van der Waals surface area contributed by atoms with E-state index in [0.29, 0.717) is 5.69 Å². The van der Waals surface area contributed by atoms with Crippen LogP contribution in [0.4, 0.5) is 0 Å². The highest BCUT2D eigenvalue weighted by Crippen LogP contribution is 2.06. The van der Waals surface area contributed by atoms with Crippen molar-refractivity contribution in [2.75, 3.05) is 0 Å². The zero-order valence-electron chi connectivity index (χ0n) is 11.1. The molecule has 0 bridgehead atoms. The Hall–Kier alpha value is -2.17. The SMILES string of the molecule is Cc1cnc(C(=O)N[C@H](C)CCc2ccco2)cn1. The van der Waals surface area contributed by atoms with Crippen LogP contribution in [0, 0.1) is 6.92 Å². The average molecular weight is 259 g/mol. The molecule has 1 N–H and O–H groups in total. The molecule has 2 rings (SSSR count). The number of hydrogen-bond donors (Lipinski definition) is 1. The molecule has 0 aliphatic rings. The van der Waals surface area contributed by atoms with Gasteiger partial charge in [-0.2, -0.15) is 0 Å². The van der Waals surface area contributed by atoms with Crippen molar-refractivity contribution >= 4 is 5.91 Å². The number of amides is 1. The molecule has 100 valence electrons. The van der Waals surface area contributed by atoms with Gasteiger partial charge in [0.2, 0.25) is 0 Å². The molecule has 5 nitrogen and oxygen atoms in total. The zero-order valence-corrected chi connectivity index (χ0v) is 11.1. The van der Waals surface area contributed by atoms with Gasteiger partial charge in [-0.25, -0.2) is 4.98 Å². The monoisotopic (exact) mass is 259 g/mol. The van der Waals surface area contributed by atoms with Crippen molar-refractivity contribution < 1.29 is 9.21 Å². The molecule has 0 saturated carbocycles. The summed E-state index contributed by atoms with van der Waals surface area (Å²) in [6.45, 7) is 3.79. The highest BCUT2D eigenvalue weighted by molar-refractivity contribution is 5.92. The second-order valence-corrected chi connectivity index (χ2v) is 4.54.